The molecule has 0 atom stereocenters. The maximum atomic E-state index is 10.5. The van der Waals surface area contributed by atoms with Gasteiger partial charge in [-0.2, -0.15) is 0 Å². The third kappa shape index (κ3) is 2.03. The molecular formula is C6H5ClO3. The van der Waals surface area contributed by atoms with E-state index in [0.717, 1.165) is 6.08 Å². The molecule has 10 heavy (non-hydrogen) atoms. The second-order valence-corrected chi connectivity index (χ2v) is 1.61. The molecule has 0 fully saturated rings. The highest BCUT2D eigenvalue weighted by atomic mass is 35.5. The Morgan fingerprint density at radius 1 is 1.50 bits per heavy atom. The molecule has 0 saturated carbocycles. The summed E-state index contributed by atoms with van der Waals surface area (Å²) in [5, 5.41) is 8.25. The number of aliphatic carboxylic acids is 1. The standard InChI is InChI=1S/C6H5ClO3/c1-2-5(8)4(3-7)6(9)10/h2-3H,1H2,(H,9,10). The van der Waals surface area contributed by atoms with E-state index in [2.05, 4.69) is 6.58 Å². The van der Waals surface area contributed by atoms with Crippen molar-refractivity contribution in [3.8, 4) is 0 Å². The molecule has 0 spiro atoms. The molecule has 0 aliphatic heterocycles. The number of carboxylic acids is 1. The van der Waals surface area contributed by atoms with Crippen LogP contribution in [0.15, 0.2) is 23.8 Å². The van der Waals surface area contributed by atoms with E-state index in [1.54, 1.807) is 0 Å². The van der Waals surface area contributed by atoms with Crippen LogP contribution in [0.3, 0.4) is 0 Å². The third-order valence-electron chi connectivity index (χ3n) is 0.790. The fourth-order valence-corrected chi connectivity index (χ4v) is 0.517. The number of hydrogen-bond donors (Lipinski definition) is 1. The first kappa shape index (κ1) is 8.91. The maximum Gasteiger partial charge on any atom is 0.340 e. The van der Waals surface area contributed by atoms with E-state index >= 15 is 0 Å². The highest BCUT2D eigenvalue weighted by molar-refractivity contribution is 6.33. The molecule has 0 amide bonds. The summed E-state index contributed by atoms with van der Waals surface area (Å²) in [5.41, 5.74) is 0.239. The monoisotopic (exact) mass is 160 g/mol. The van der Waals surface area contributed by atoms with Gasteiger partial charge in [-0.15, -0.1) is 0 Å². The largest absolute Gasteiger partial charge is 0.478 e. The van der Waals surface area contributed by atoms with E-state index in [0.29, 0.717) is 5.54 Å². The van der Waals surface area contributed by atoms with Gasteiger partial charge < -0.3 is 5.11 Å². The fraction of sp³-hybridized carbons (Fsp3) is 0. The zero-order valence-electron chi connectivity index (χ0n) is 5.00. The molecule has 0 aromatic rings. The van der Waals surface area contributed by atoms with Crippen LogP contribution in [0, 0.1) is 0 Å². The summed E-state index contributed by atoms with van der Waals surface area (Å²) >= 11 is 5.02. The van der Waals surface area contributed by atoms with Crippen LogP contribution in [-0.2, 0) is 9.59 Å². The molecule has 0 radical (unpaired) electrons. The van der Waals surface area contributed by atoms with E-state index in [4.69, 9.17) is 16.7 Å². The molecule has 3 nitrogen and oxygen atoms in total. The van der Waals surface area contributed by atoms with E-state index in [1.807, 2.05) is 0 Å². The van der Waals surface area contributed by atoms with Crippen LogP contribution in [-0.4, -0.2) is 16.9 Å². The lowest BCUT2D eigenvalue weighted by Crippen LogP contribution is -2.08. The van der Waals surface area contributed by atoms with Gasteiger partial charge in [0.25, 0.3) is 0 Å². The Balaban J connectivity index is 4.54. The molecule has 0 aromatic heterocycles. The summed E-state index contributed by atoms with van der Waals surface area (Å²) in [7, 11) is 0. The van der Waals surface area contributed by atoms with Gasteiger partial charge in [-0.25, -0.2) is 4.79 Å². The van der Waals surface area contributed by atoms with Gasteiger partial charge in [0.2, 0.25) is 0 Å². The molecule has 0 aliphatic carbocycles. The Hall–Kier alpha value is -1.09. The summed E-state index contributed by atoms with van der Waals surface area (Å²) in [5.74, 6) is -2.04. The van der Waals surface area contributed by atoms with Gasteiger partial charge in [0.05, 0.1) is 0 Å². The summed E-state index contributed by atoms with van der Waals surface area (Å²) in [6.07, 6.45) is 0.891. The summed E-state index contributed by atoms with van der Waals surface area (Å²) in [6.45, 7) is 3.10. The van der Waals surface area contributed by atoms with Crippen LogP contribution in [0.4, 0.5) is 0 Å². The molecule has 0 unspecified atom stereocenters. The first-order chi connectivity index (χ1) is 4.63. The van der Waals surface area contributed by atoms with Gasteiger partial charge in [-0.05, 0) is 6.08 Å². The zero-order valence-corrected chi connectivity index (χ0v) is 5.76. The molecule has 1 N–H and O–H groups in total. The molecule has 0 saturated heterocycles. The first-order valence-corrected chi connectivity index (χ1v) is 2.77. The van der Waals surface area contributed by atoms with Crippen molar-refractivity contribution in [2.24, 2.45) is 0 Å². The van der Waals surface area contributed by atoms with Gasteiger partial charge in [0.1, 0.15) is 5.57 Å². The number of carbonyl (C=O) groups excluding carboxylic acids is 1. The van der Waals surface area contributed by atoms with Crippen LogP contribution in [0.25, 0.3) is 0 Å². The molecule has 4 heteroatoms. The highest BCUT2D eigenvalue weighted by Gasteiger charge is 2.12. The topological polar surface area (TPSA) is 54.4 Å². The van der Waals surface area contributed by atoms with Gasteiger partial charge in [-0.3, -0.25) is 4.79 Å². The van der Waals surface area contributed by atoms with Gasteiger partial charge in [0.15, 0.2) is 5.78 Å². The lowest BCUT2D eigenvalue weighted by atomic mass is 10.2. The Bertz CT molecular complexity index is 205. The van der Waals surface area contributed by atoms with E-state index in [-0.39, 0.29) is 0 Å². The minimum Gasteiger partial charge on any atom is -0.478 e. The SMILES string of the molecule is C=CC(=O)C(=CCl)C(=O)O. The molecule has 0 aliphatic rings. The Morgan fingerprint density at radius 2 is 2.00 bits per heavy atom. The van der Waals surface area contributed by atoms with Crippen molar-refractivity contribution in [3.05, 3.63) is 23.8 Å². The van der Waals surface area contributed by atoms with Crippen molar-refractivity contribution in [1.29, 1.82) is 0 Å². The summed E-state index contributed by atoms with van der Waals surface area (Å²) in [4.78, 5) is 20.6. The predicted octanol–water partition coefficient (Wildman–Crippen LogP) is 0.949. The lowest BCUT2D eigenvalue weighted by Gasteiger charge is -1.90. The Kier molecular flexibility index (Phi) is 3.43. The van der Waals surface area contributed by atoms with Crippen LogP contribution >= 0.6 is 11.6 Å². The van der Waals surface area contributed by atoms with Gasteiger partial charge in [-0.1, -0.05) is 18.2 Å². The summed E-state index contributed by atoms with van der Waals surface area (Å²) < 4.78 is 0. The van der Waals surface area contributed by atoms with Crippen LogP contribution in [0.5, 0.6) is 0 Å². The second kappa shape index (κ2) is 3.85. The molecule has 0 rings (SSSR count). The molecule has 0 bridgehead atoms. The number of carbonyl (C=O) groups is 2. The minimum atomic E-state index is -1.35. The van der Waals surface area contributed by atoms with Crippen LogP contribution in [0.1, 0.15) is 0 Å². The normalized spacial score (nSPS) is 10.7. The average molecular weight is 161 g/mol. The molecule has 0 heterocycles. The molecular weight excluding hydrogens is 156 g/mol. The number of allylic oxidation sites excluding steroid dienone is 1. The Labute approximate surface area is 62.6 Å². The van der Waals surface area contributed by atoms with E-state index < -0.39 is 17.3 Å². The first-order valence-electron chi connectivity index (χ1n) is 2.34. The van der Waals surface area contributed by atoms with E-state index in [9.17, 15) is 9.59 Å². The van der Waals surface area contributed by atoms with Crippen molar-refractivity contribution in [2.75, 3.05) is 0 Å². The molecule has 54 valence electrons. The quantitative estimate of drug-likeness (QED) is 0.380. The van der Waals surface area contributed by atoms with Crippen LogP contribution < -0.4 is 0 Å². The smallest absolute Gasteiger partial charge is 0.340 e. The van der Waals surface area contributed by atoms with Crippen molar-refractivity contribution in [3.63, 3.8) is 0 Å². The van der Waals surface area contributed by atoms with Gasteiger partial charge >= 0.3 is 5.97 Å². The van der Waals surface area contributed by atoms with Crippen LogP contribution in [0.2, 0.25) is 0 Å². The van der Waals surface area contributed by atoms with E-state index in [1.165, 1.54) is 0 Å². The van der Waals surface area contributed by atoms with Gasteiger partial charge in [0, 0.05) is 5.54 Å². The third-order valence-corrected chi connectivity index (χ3v) is 1.01. The van der Waals surface area contributed by atoms with Crippen molar-refractivity contribution < 1.29 is 14.7 Å². The lowest BCUT2D eigenvalue weighted by molar-refractivity contribution is -0.134. The molecule has 0 aromatic carbocycles. The second-order valence-electron chi connectivity index (χ2n) is 1.40. The average Bonchev–Trinajstić information content (AvgIpc) is 1.88. The van der Waals surface area contributed by atoms with Crippen molar-refractivity contribution >= 4 is 23.4 Å². The number of hydrogen-bond acceptors (Lipinski definition) is 2. The number of carboxylic acid groups (broad SMARTS) is 1. The maximum absolute atomic E-state index is 10.5. The minimum absolute atomic E-state index is 0.475. The summed E-state index contributed by atoms with van der Waals surface area (Å²) in [6, 6.07) is 0. The zero-order chi connectivity index (χ0) is 8.15. The van der Waals surface area contributed by atoms with Crippen molar-refractivity contribution in [1.82, 2.24) is 0 Å². The number of halogens is 1. The predicted molar refractivity (Wildman–Crippen MR) is 36.8 cm³/mol. The highest BCUT2D eigenvalue weighted by Crippen LogP contribution is 1.99. The Morgan fingerprint density at radius 3 is 2.10 bits per heavy atom. The number of rotatable bonds is 3. The van der Waals surface area contributed by atoms with Crippen molar-refractivity contribution in [2.45, 2.75) is 0 Å². The number of ketones is 1. The fourth-order valence-electron chi connectivity index (χ4n) is 0.316.